The lowest BCUT2D eigenvalue weighted by atomic mass is 9.92. The normalized spacial score (nSPS) is 32.7. The summed E-state index contributed by atoms with van der Waals surface area (Å²) in [7, 11) is 0. The van der Waals surface area contributed by atoms with Crippen molar-refractivity contribution in [3.63, 3.8) is 0 Å². The quantitative estimate of drug-likeness (QED) is 0.810. The average molecular weight is 268 g/mol. The number of aliphatic hydroxyl groups excluding tert-OH is 1. The van der Waals surface area contributed by atoms with E-state index >= 15 is 0 Å². The molecule has 0 aromatic heterocycles. The summed E-state index contributed by atoms with van der Waals surface area (Å²) in [6, 6.07) is 0.287. The summed E-state index contributed by atoms with van der Waals surface area (Å²) in [4.78, 5) is 14.6. The molecule has 0 aromatic rings. The first-order valence-electron chi connectivity index (χ1n) is 7.75. The first kappa shape index (κ1) is 14.8. The van der Waals surface area contributed by atoms with E-state index in [9.17, 15) is 9.90 Å². The van der Waals surface area contributed by atoms with E-state index in [0.29, 0.717) is 5.92 Å². The van der Waals surface area contributed by atoms with Crippen LogP contribution in [-0.4, -0.2) is 47.7 Å². The Hall–Kier alpha value is -0.610. The Morgan fingerprint density at radius 3 is 2.58 bits per heavy atom. The number of hydrogen-bond donors (Lipinski definition) is 2. The van der Waals surface area contributed by atoms with Gasteiger partial charge in [0.15, 0.2) is 0 Å². The number of nitrogens with one attached hydrogen (secondary N) is 1. The van der Waals surface area contributed by atoms with Gasteiger partial charge in [0.2, 0.25) is 5.91 Å². The van der Waals surface area contributed by atoms with E-state index in [2.05, 4.69) is 24.1 Å². The highest BCUT2D eigenvalue weighted by Gasteiger charge is 2.30. The smallest absolute Gasteiger partial charge is 0.224 e. The van der Waals surface area contributed by atoms with E-state index in [1.807, 2.05) is 0 Å². The van der Waals surface area contributed by atoms with Crippen LogP contribution in [0.2, 0.25) is 0 Å². The Labute approximate surface area is 116 Å². The van der Waals surface area contributed by atoms with Crippen LogP contribution in [0.1, 0.15) is 46.0 Å². The summed E-state index contributed by atoms with van der Waals surface area (Å²) in [5.74, 6) is 1.07. The molecule has 110 valence electrons. The predicted octanol–water partition coefficient (Wildman–Crippen LogP) is 1.38. The van der Waals surface area contributed by atoms with Gasteiger partial charge in [-0.05, 0) is 44.6 Å². The summed E-state index contributed by atoms with van der Waals surface area (Å²) < 4.78 is 0. The molecule has 1 amide bonds. The van der Waals surface area contributed by atoms with Gasteiger partial charge in [-0.2, -0.15) is 0 Å². The highest BCUT2D eigenvalue weighted by molar-refractivity contribution is 5.79. The number of nitrogens with zero attached hydrogens (tertiary/aromatic N) is 1. The van der Waals surface area contributed by atoms with E-state index in [1.54, 1.807) is 0 Å². The van der Waals surface area contributed by atoms with Gasteiger partial charge in [0.25, 0.3) is 0 Å². The maximum Gasteiger partial charge on any atom is 0.224 e. The maximum atomic E-state index is 12.2. The SMILES string of the molecule is CC(C)CN1CCC(C(=O)NC2CCC(O)CC2)C1. The van der Waals surface area contributed by atoms with Crippen molar-refractivity contribution >= 4 is 5.91 Å². The zero-order valence-electron chi connectivity index (χ0n) is 12.3. The first-order valence-corrected chi connectivity index (χ1v) is 7.75. The molecule has 2 N–H and O–H groups in total. The zero-order chi connectivity index (χ0) is 13.8. The molecule has 4 heteroatoms. The third kappa shape index (κ3) is 4.46. The van der Waals surface area contributed by atoms with E-state index in [-0.39, 0.29) is 24.0 Å². The minimum Gasteiger partial charge on any atom is -0.393 e. The van der Waals surface area contributed by atoms with Crippen molar-refractivity contribution in [3.8, 4) is 0 Å². The summed E-state index contributed by atoms with van der Waals surface area (Å²) in [6.45, 7) is 7.51. The highest BCUT2D eigenvalue weighted by Crippen LogP contribution is 2.21. The molecular weight excluding hydrogens is 240 g/mol. The van der Waals surface area contributed by atoms with Crippen LogP contribution in [0.5, 0.6) is 0 Å². The molecule has 0 radical (unpaired) electrons. The molecular formula is C15H28N2O2. The van der Waals surface area contributed by atoms with E-state index < -0.39 is 0 Å². The molecule has 2 aliphatic rings. The van der Waals surface area contributed by atoms with Gasteiger partial charge >= 0.3 is 0 Å². The van der Waals surface area contributed by atoms with Gasteiger partial charge in [-0.3, -0.25) is 4.79 Å². The van der Waals surface area contributed by atoms with Crippen LogP contribution in [0.4, 0.5) is 0 Å². The van der Waals surface area contributed by atoms with Crippen molar-refractivity contribution in [1.29, 1.82) is 0 Å². The number of carbonyl (C=O) groups excluding carboxylic acids is 1. The molecule has 0 bridgehead atoms. The predicted molar refractivity (Wildman–Crippen MR) is 75.8 cm³/mol. The summed E-state index contributed by atoms with van der Waals surface area (Å²) in [5.41, 5.74) is 0. The van der Waals surface area contributed by atoms with Gasteiger partial charge in [-0.25, -0.2) is 0 Å². The monoisotopic (exact) mass is 268 g/mol. The summed E-state index contributed by atoms with van der Waals surface area (Å²) in [6.07, 6.45) is 4.35. The molecule has 2 fully saturated rings. The summed E-state index contributed by atoms with van der Waals surface area (Å²) in [5, 5.41) is 12.7. The van der Waals surface area contributed by atoms with Crippen molar-refractivity contribution < 1.29 is 9.90 Å². The van der Waals surface area contributed by atoms with Gasteiger partial charge in [-0.15, -0.1) is 0 Å². The molecule has 2 rings (SSSR count). The molecule has 4 nitrogen and oxygen atoms in total. The number of aliphatic hydroxyl groups is 1. The molecule has 1 unspecified atom stereocenters. The minimum atomic E-state index is -0.152. The minimum absolute atomic E-state index is 0.152. The number of hydrogen-bond acceptors (Lipinski definition) is 3. The van der Waals surface area contributed by atoms with Gasteiger partial charge < -0.3 is 15.3 Å². The van der Waals surface area contributed by atoms with Crippen molar-refractivity contribution in [2.45, 2.75) is 58.1 Å². The molecule has 1 saturated carbocycles. The molecule has 1 atom stereocenters. The Morgan fingerprint density at radius 1 is 1.26 bits per heavy atom. The fourth-order valence-corrected chi connectivity index (χ4v) is 3.27. The topological polar surface area (TPSA) is 52.6 Å². The van der Waals surface area contributed by atoms with Crippen LogP contribution in [0, 0.1) is 11.8 Å². The third-order valence-electron chi connectivity index (χ3n) is 4.31. The zero-order valence-corrected chi connectivity index (χ0v) is 12.3. The lowest BCUT2D eigenvalue weighted by Gasteiger charge is -2.27. The lowest BCUT2D eigenvalue weighted by molar-refractivity contribution is -0.125. The van der Waals surface area contributed by atoms with Crippen molar-refractivity contribution in [1.82, 2.24) is 10.2 Å². The fourth-order valence-electron chi connectivity index (χ4n) is 3.27. The van der Waals surface area contributed by atoms with Crippen LogP contribution in [-0.2, 0) is 4.79 Å². The van der Waals surface area contributed by atoms with E-state index in [1.165, 1.54) is 0 Å². The van der Waals surface area contributed by atoms with Crippen LogP contribution >= 0.6 is 0 Å². The second-order valence-electron chi connectivity index (χ2n) is 6.65. The number of likely N-dealkylation sites (tertiary alicyclic amines) is 1. The van der Waals surface area contributed by atoms with Gasteiger partial charge in [-0.1, -0.05) is 13.8 Å². The van der Waals surface area contributed by atoms with Gasteiger partial charge in [0.05, 0.1) is 12.0 Å². The lowest BCUT2D eigenvalue weighted by Crippen LogP contribution is -2.42. The van der Waals surface area contributed by atoms with E-state index in [0.717, 1.165) is 51.7 Å². The molecule has 1 aliphatic carbocycles. The van der Waals surface area contributed by atoms with Crippen LogP contribution < -0.4 is 5.32 Å². The largest absolute Gasteiger partial charge is 0.393 e. The molecule has 19 heavy (non-hydrogen) atoms. The second kappa shape index (κ2) is 6.71. The van der Waals surface area contributed by atoms with Gasteiger partial charge in [0.1, 0.15) is 0 Å². The average Bonchev–Trinajstić information content (AvgIpc) is 2.80. The number of rotatable bonds is 4. The van der Waals surface area contributed by atoms with Gasteiger partial charge in [0, 0.05) is 19.1 Å². The standard InChI is InChI=1S/C15H28N2O2/c1-11(2)9-17-8-7-12(10-17)15(19)16-13-3-5-14(18)6-4-13/h11-14,18H,3-10H2,1-2H3,(H,16,19). The van der Waals surface area contributed by atoms with Crippen LogP contribution in [0.15, 0.2) is 0 Å². The molecule has 0 aromatic carbocycles. The Kier molecular flexibility index (Phi) is 5.22. The third-order valence-corrected chi connectivity index (χ3v) is 4.31. The number of amides is 1. The van der Waals surface area contributed by atoms with Crippen molar-refractivity contribution in [2.75, 3.05) is 19.6 Å². The van der Waals surface area contributed by atoms with Crippen LogP contribution in [0.3, 0.4) is 0 Å². The molecule has 1 saturated heterocycles. The highest BCUT2D eigenvalue weighted by atomic mass is 16.3. The Balaban J connectivity index is 1.72. The summed E-state index contributed by atoms with van der Waals surface area (Å²) >= 11 is 0. The Morgan fingerprint density at radius 2 is 1.95 bits per heavy atom. The number of carbonyl (C=O) groups is 1. The second-order valence-corrected chi connectivity index (χ2v) is 6.65. The van der Waals surface area contributed by atoms with E-state index in [4.69, 9.17) is 0 Å². The molecule has 1 heterocycles. The fraction of sp³-hybridized carbons (Fsp3) is 0.933. The Bertz CT molecular complexity index is 299. The first-order chi connectivity index (χ1) is 9.04. The van der Waals surface area contributed by atoms with Crippen LogP contribution in [0.25, 0.3) is 0 Å². The van der Waals surface area contributed by atoms with Crippen molar-refractivity contribution in [2.24, 2.45) is 11.8 Å². The molecule has 0 spiro atoms. The van der Waals surface area contributed by atoms with Crippen molar-refractivity contribution in [3.05, 3.63) is 0 Å². The molecule has 1 aliphatic heterocycles. The maximum absolute atomic E-state index is 12.2.